The molecule has 0 aliphatic heterocycles. The monoisotopic (exact) mass is 379 g/mol. The largest absolute Gasteiger partial charge is 0.384 e. The van der Waals surface area contributed by atoms with E-state index in [-0.39, 0.29) is 4.90 Å². The fourth-order valence-corrected chi connectivity index (χ4v) is 3.73. The molecule has 4 nitrogen and oxygen atoms in total. The molecule has 0 aliphatic rings. The Morgan fingerprint density at radius 3 is 2.22 bits per heavy atom. The lowest BCUT2D eigenvalue weighted by atomic mass is 10.1. The number of hydrogen-bond donors (Lipinski definition) is 2. The zero-order valence-electron chi connectivity index (χ0n) is 14.9. The average molecular weight is 379 g/mol. The second-order valence-corrected chi connectivity index (χ2v) is 7.90. The standard InChI is InChI=1S/C22H21NO3S/c1-17-11-14-19(15-12-17)27(25,26)23-21-10-6-5-9-20(21)22(24)16-13-18-7-3-2-4-8-18/h2-16,22-24H,1H3/b16-13+/t22-/m1/s1. The van der Waals surface area contributed by atoms with Gasteiger partial charge in [-0.2, -0.15) is 0 Å². The number of aryl methyl sites for hydroxylation is 1. The van der Waals surface area contributed by atoms with Crippen molar-refractivity contribution in [2.24, 2.45) is 0 Å². The third-order valence-electron chi connectivity index (χ3n) is 4.13. The van der Waals surface area contributed by atoms with E-state index in [2.05, 4.69) is 4.72 Å². The first kappa shape index (κ1) is 18.9. The van der Waals surface area contributed by atoms with Gasteiger partial charge < -0.3 is 5.11 Å². The number of anilines is 1. The minimum Gasteiger partial charge on any atom is -0.384 e. The molecule has 0 unspecified atom stereocenters. The Balaban J connectivity index is 1.85. The summed E-state index contributed by atoms with van der Waals surface area (Å²) in [6.45, 7) is 1.90. The van der Waals surface area contributed by atoms with Crippen LogP contribution in [-0.4, -0.2) is 13.5 Å². The molecule has 0 fully saturated rings. The van der Waals surface area contributed by atoms with Crippen LogP contribution < -0.4 is 4.72 Å². The number of nitrogens with one attached hydrogen (secondary N) is 1. The third kappa shape index (κ3) is 4.84. The predicted molar refractivity (Wildman–Crippen MR) is 109 cm³/mol. The van der Waals surface area contributed by atoms with Gasteiger partial charge in [-0.1, -0.05) is 78.4 Å². The minimum atomic E-state index is -3.74. The van der Waals surface area contributed by atoms with Gasteiger partial charge in [-0.05, 0) is 30.7 Å². The maximum atomic E-state index is 12.7. The molecular formula is C22H21NO3S. The van der Waals surface area contributed by atoms with E-state index in [4.69, 9.17) is 0 Å². The number of aliphatic hydroxyl groups is 1. The smallest absolute Gasteiger partial charge is 0.261 e. The molecule has 3 aromatic carbocycles. The zero-order chi connectivity index (χ0) is 19.3. The Labute approximate surface area is 159 Å². The molecular weight excluding hydrogens is 358 g/mol. The van der Waals surface area contributed by atoms with Crippen LogP contribution >= 0.6 is 0 Å². The summed E-state index contributed by atoms with van der Waals surface area (Å²) >= 11 is 0. The molecule has 0 heterocycles. The first-order valence-electron chi connectivity index (χ1n) is 8.55. The molecule has 0 bridgehead atoms. The SMILES string of the molecule is Cc1ccc(S(=O)(=O)Nc2ccccc2[C@H](O)/C=C/c2ccccc2)cc1. The van der Waals surface area contributed by atoms with Gasteiger partial charge in [-0.25, -0.2) is 8.42 Å². The van der Waals surface area contributed by atoms with Crippen LogP contribution in [0.15, 0.2) is 89.8 Å². The molecule has 0 amide bonds. The van der Waals surface area contributed by atoms with Crippen LogP contribution in [0.1, 0.15) is 22.8 Å². The molecule has 0 saturated heterocycles. The normalized spacial score (nSPS) is 12.8. The Morgan fingerprint density at radius 2 is 1.52 bits per heavy atom. The van der Waals surface area contributed by atoms with Crippen molar-refractivity contribution in [3.8, 4) is 0 Å². The van der Waals surface area contributed by atoms with Gasteiger partial charge in [0.15, 0.2) is 0 Å². The Kier molecular flexibility index (Phi) is 5.74. The van der Waals surface area contributed by atoms with Gasteiger partial charge in [-0.15, -0.1) is 0 Å². The van der Waals surface area contributed by atoms with Crippen molar-refractivity contribution >= 4 is 21.8 Å². The van der Waals surface area contributed by atoms with Gasteiger partial charge in [0.2, 0.25) is 0 Å². The van der Waals surface area contributed by atoms with Gasteiger partial charge in [0.1, 0.15) is 0 Å². The molecule has 3 rings (SSSR count). The van der Waals surface area contributed by atoms with E-state index in [9.17, 15) is 13.5 Å². The maximum absolute atomic E-state index is 12.7. The van der Waals surface area contributed by atoms with Crippen molar-refractivity contribution in [1.29, 1.82) is 0 Å². The fourth-order valence-electron chi connectivity index (χ4n) is 2.64. The molecule has 0 aromatic heterocycles. The highest BCUT2D eigenvalue weighted by atomic mass is 32.2. The van der Waals surface area contributed by atoms with Gasteiger partial charge in [0.25, 0.3) is 10.0 Å². The van der Waals surface area contributed by atoms with Crippen LogP contribution in [0.3, 0.4) is 0 Å². The topological polar surface area (TPSA) is 66.4 Å². The van der Waals surface area contributed by atoms with Crippen LogP contribution in [-0.2, 0) is 10.0 Å². The molecule has 0 radical (unpaired) electrons. The van der Waals surface area contributed by atoms with E-state index >= 15 is 0 Å². The zero-order valence-corrected chi connectivity index (χ0v) is 15.7. The number of rotatable bonds is 6. The third-order valence-corrected chi connectivity index (χ3v) is 5.51. The fraction of sp³-hybridized carbons (Fsp3) is 0.0909. The number of aliphatic hydroxyl groups excluding tert-OH is 1. The Bertz CT molecular complexity index is 1030. The van der Waals surface area contributed by atoms with Gasteiger partial charge in [0.05, 0.1) is 16.7 Å². The molecule has 138 valence electrons. The minimum absolute atomic E-state index is 0.178. The lowest BCUT2D eigenvalue weighted by Gasteiger charge is -2.15. The number of hydrogen-bond acceptors (Lipinski definition) is 3. The number of benzene rings is 3. The molecule has 0 aliphatic carbocycles. The van der Waals surface area contributed by atoms with Crippen LogP contribution in [0.25, 0.3) is 6.08 Å². The highest BCUT2D eigenvalue weighted by molar-refractivity contribution is 7.92. The quantitative estimate of drug-likeness (QED) is 0.661. The molecule has 1 atom stereocenters. The molecule has 27 heavy (non-hydrogen) atoms. The van der Waals surface area contributed by atoms with Crippen molar-refractivity contribution in [3.05, 3.63) is 102 Å². The summed E-state index contributed by atoms with van der Waals surface area (Å²) in [5.41, 5.74) is 2.77. The van der Waals surface area contributed by atoms with E-state index in [1.807, 2.05) is 37.3 Å². The predicted octanol–water partition coefficient (Wildman–Crippen LogP) is 4.54. The molecule has 3 aromatic rings. The van der Waals surface area contributed by atoms with E-state index in [0.29, 0.717) is 11.3 Å². The summed E-state index contributed by atoms with van der Waals surface area (Å²) in [6, 6.07) is 23.0. The summed E-state index contributed by atoms with van der Waals surface area (Å²) in [4.78, 5) is 0.178. The lowest BCUT2D eigenvalue weighted by Crippen LogP contribution is -2.15. The summed E-state index contributed by atoms with van der Waals surface area (Å²) < 4.78 is 27.9. The lowest BCUT2D eigenvalue weighted by molar-refractivity contribution is 0.230. The van der Waals surface area contributed by atoms with Crippen molar-refractivity contribution in [1.82, 2.24) is 0 Å². The van der Waals surface area contributed by atoms with Crippen molar-refractivity contribution < 1.29 is 13.5 Å². The number of sulfonamides is 1. The van der Waals surface area contributed by atoms with Crippen molar-refractivity contribution in [3.63, 3.8) is 0 Å². The van der Waals surface area contributed by atoms with Crippen LogP contribution in [0.2, 0.25) is 0 Å². The van der Waals surface area contributed by atoms with E-state index in [0.717, 1.165) is 11.1 Å². The van der Waals surface area contributed by atoms with E-state index in [1.54, 1.807) is 60.7 Å². The first-order chi connectivity index (χ1) is 13.0. The van der Waals surface area contributed by atoms with Crippen LogP contribution in [0.5, 0.6) is 0 Å². The Hall–Kier alpha value is -2.89. The summed E-state index contributed by atoms with van der Waals surface area (Å²) in [6.07, 6.45) is 2.49. The van der Waals surface area contributed by atoms with Crippen molar-refractivity contribution in [2.75, 3.05) is 4.72 Å². The van der Waals surface area contributed by atoms with Gasteiger partial charge in [-0.3, -0.25) is 4.72 Å². The molecule has 0 saturated carbocycles. The van der Waals surface area contributed by atoms with Crippen LogP contribution in [0, 0.1) is 6.92 Å². The van der Waals surface area contributed by atoms with E-state index in [1.165, 1.54) is 0 Å². The maximum Gasteiger partial charge on any atom is 0.261 e. The van der Waals surface area contributed by atoms with Gasteiger partial charge >= 0.3 is 0 Å². The van der Waals surface area contributed by atoms with Crippen LogP contribution in [0.4, 0.5) is 5.69 Å². The number of para-hydroxylation sites is 1. The summed E-state index contributed by atoms with van der Waals surface area (Å²) in [7, 11) is -3.74. The second-order valence-electron chi connectivity index (χ2n) is 6.22. The van der Waals surface area contributed by atoms with Crippen molar-refractivity contribution in [2.45, 2.75) is 17.9 Å². The molecule has 0 spiro atoms. The molecule has 2 N–H and O–H groups in total. The highest BCUT2D eigenvalue weighted by Crippen LogP contribution is 2.27. The summed E-state index contributed by atoms with van der Waals surface area (Å²) in [5, 5.41) is 10.5. The Morgan fingerprint density at radius 1 is 0.889 bits per heavy atom. The highest BCUT2D eigenvalue weighted by Gasteiger charge is 2.17. The average Bonchev–Trinajstić information content (AvgIpc) is 2.67. The first-order valence-corrected chi connectivity index (χ1v) is 10.0. The van der Waals surface area contributed by atoms with E-state index < -0.39 is 16.1 Å². The second kappa shape index (κ2) is 8.20. The molecule has 5 heteroatoms. The van der Waals surface area contributed by atoms with Gasteiger partial charge in [0, 0.05) is 5.56 Å². The summed E-state index contributed by atoms with van der Waals surface area (Å²) in [5.74, 6) is 0.